The van der Waals surface area contributed by atoms with Crippen LogP contribution in [-0.4, -0.2) is 7.11 Å². The third-order valence-electron chi connectivity index (χ3n) is 5.55. The first-order valence-electron chi connectivity index (χ1n) is 10.4. The molecule has 0 aliphatic rings. The van der Waals surface area contributed by atoms with Crippen molar-refractivity contribution in [3.63, 3.8) is 0 Å². The number of benzene rings is 5. The number of methoxy groups -OCH3 is 1. The van der Waals surface area contributed by atoms with Gasteiger partial charge in [-0.2, -0.15) is 0 Å². The Hall–Kier alpha value is -3.41. The zero-order valence-corrected chi connectivity index (χ0v) is 18.3. The van der Waals surface area contributed by atoms with Gasteiger partial charge in [-0.3, -0.25) is 0 Å². The van der Waals surface area contributed by atoms with Crippen LogP contribution in [0.25, 0.3) is 21.9 Å². The van der Waals surface area contributed by atoms with E-state index in [1.165, 1.54) is 32.2 Å². The Labute approximate surface area is 184 Å². The van der Waals surface area contributed by atoms with Crippen LogP contribution in [0.1, 0.15) is 0 Å². The number of ether oxygens (including phenoxy) is 1. The third-order valence-corrected chi connectivity index (χ3v) is 8.05. The van der Waals surface area contributed by atoms with Gasteiger partial charge in [-0.1, -0.05) is 115 Å². The average molecular weight is 418 g/mol. The molecule has 5 aromatic rings. The molecule has 5 aromatic carbocycles. The molecule has 0 spiro atoms. The summed E-state index contributed by atoms with van der Waals surface area (Å²) in [5.41, 5.74) is 2.39. The molecule has 1 nitrogen and oxygen atoms in total. The molecule has 0 aliphatic carbocycles. The van der Waals surface area contributed by atoms with E-state index in [4.69, 9.17) is 4.74 Å². The lowest BCUT2D eigenvalue weighted by Gasteiger charge is -2.24. The average Bonchev–Trinajstić information content (AvgIpc) is 2.85. The number of hydrogen-bond donors (Lipinski definition) is 0. The highest BCUT2D eigenvalue weighted by Crippen LogP contribution is 2.42. The number of hydrogen-bond acceptors (Lipinski definition) is 1. The maximum atomic E-state index is 5.86. The van der Waals surface area contributed by atoms with Crippen LogP contribution in [0.2, 0.25) is 0 Å². The van der Waals surface area contributed by atoms with E-state index in [1.807, 2.05) is 0 Å². The van der Waals surface area contributed by atoms with E-state index in [-0.39, 0.29) is 0 Å². The molecule has 2 heteroatoms. The second-order valence-electron chi connectivity index (χ2n) is 7.39. The van der Waals surface area contributed by atoms with Crippen molar-refractivity contribution >= 4 is 34.6 Å². The SMILES string of the molecule is COc1ccc2ccccc2c1-c1ccccc1P(c1ccccc1)c1ccccc1. The van der Waals surface area contributed by atoms with E-state index in [1.54, 1.807) is 7.11 Å². The molecule has 0 heterocycles. The Morgan fingerprint density at radius 2 is 1.13 bits per heavy atom. The summed E-state index contributed by atoms with van der Waals surface area (Å²) >= 11 is 0. The Balaban J connectivity index is 1.82. The highest BCUT2D eigenvalue weighted by Gasteiger charge is 2.22. The van der Waals surface area contributed by atoms with Gasteiger partial charge in [0.15, 0.2) is 0 Å². The molecule has 0 amide bonds. The maximum Gasteiger partial charge on any atom is 0.127 e. The molecule has 0 saturated carbocycles. The van der Waals surface area contributed by atoms with E-state index in [0.717, 1.165) is 11.3 Å². The summed E-state index contributed by atoms with van der Waals surface area (Å²) in [5, 5.41) is 6.46. The molecule has 0 saturated heterocycles. The highest BCUT2D eigenvalue weighted by atomic mass is 31.1. The van der Waals surface area contributed by atoms with Gasteiger partial charge in [-0.15, -0.1) is 0 Å². The van der Waals surface area contributed by atoms with Crippen LogP contribution >= 0.6 is 7.92 Å². The molecular formula is C29H23OP. The molecular weight excluding hydrogens is 395 g/mol. The quantitative estimate of drug-likeness (QED) is 0.306. The summed E-state index contributed by atoms with van der Waals surface area (Å²) in [4.78, 5) is 0. The highest BCUT2D eigenvalue weighted by molar-refractivity contribution is 7.80. The van der Waals surface area contributed by atoms with Crippen LogP contribution < -0.4 is 20.7 Å². The molecule has 0 fully saturated rings. The molecule has 5 rings (SSSR count). The molecule has 0 bridgehead atoms. The van der Waals surface area contributed by atoms with Crippen molar-refractivity contribution in [2.45, 2.75) is 0 Å². The first-order valence-corrected chi connectivity index (χ1v) is 11.8. The molecule has 0 radical (unpaired) electrons. The van der Waals surface area contributed by atoms with Gasteiger partial charge in [-0.05, 0) is 46.2 Å². The summed E-state index contributed by atoms with van der Waals surface area (Å²) in [7, 11) is 1.04. The number of fused-ring (bicyclic) bond motifs is 1. The minimum atomic E-state index is -0.719. The van der Waals surface area contributed by atoms with E-state index in [2.05, 4.69) is 121 Å². The van der Waals surface area contributed by atoms with Gasteiger partial charge in [-0.25, -0.2) is 0 Å². The fourth-order valence-electron chi connectivity index (χ4n) is 4.16. The molecule has 0 N–H and O–H groups in total. The standard InChI is InChI=1S/C29H23OP/c1-30-27-21-20-22-12-8-9-17-25(22)29(27)26-18-10-11-19-28(26)31(23-13-4-2-5-14-23)24-15-6-3-7-16-24/h2-21H,1H3. The summed E-state index contributed by atoms with van der Waals surface area (Å²) in [5.74, 6) is 0.905. The van der Waals surface area contributed by atoms with Gasteiger partial charge >= 0.3 is 0 Å². The lowest BCUT2D eigenvalue weighted by molar-refractivity contribution is 0.417. The molecule has 0 atom stereocenters. The Bertz CT molecular complexity index is 1270. The number of rotatable bonds is 5. The minimum Gasteiger partial charge on any atom is -0.496 e. The largest absolute Gasteiger partial charge is 0.496 e. The summed E-state index contributed by atoms with van der Waals surface area (Å²) < 4.78 is 5.86. The Kier molecular flexibility index (Phi) is 5.52. The van der Waals surface area contributed by atoms with Gasteiger partial charge in [0, 0.05) is 5.56 Å². The van der Waals surface area contributed by atoms with Crippen molar-refractivity contribution in [1.82, 2.24) is 0 Å². The van der Waals surface area contributed by atoms with E-state index < -0.39 is 7.92 Å². The monoisotopic (exact) mass is 418 g/mol. The fraction of sp³-hybridized carbons (Fsp3) is 0.0345. The summed E-state index contributed by atoms with van der Waals surface area (Å²) in [6.07, 6.45) is 0. The Morgan fingerprint density at radius 1 is 0.548 bits per heavy atom. The zero-order chi connectivity index (χ0) is 21.0. The third kappa shape index (κ3) is 3.74. The van der Waals surface area contributed by atoms with E-state index in [9.17, 15) is 0 Å². The predicted molar refractivity (Wildman–Crippen MR) is 135 cm³/mol. The first kappa shape index (κ1) is 19.5. The molecule has 0 aromatic heterocycles. The van der Waals surface area contributed by atoms with Gasteiger partial charge < -0.3 is 4.74 Å². The molecule has 31 heavy (non-hydrogen) atoms. The zero-order valence-electron chi connectivity index (χ0n) is 17.4. The van der Waals surface area contributed by atoms with Crippen molar-refractivity contribution in [3.8, 4) is 16.9 Å². The second kappa shape index (κ2) is 8.76. The second-order valence-corrected chi connectivity index (χ2v) is 9.57. The van der Waals surface area contributed by atoms with Crippen LogP contribution in [0.4, 0.5) is 0 Å². The lowest BCUT2D eigenvalue weighted by Crippen LogP contribution is -2.22. The van der Waals surface area contributed by atoms with Crippen LogP contribution in [-0.2, 0) is 0 Å². The van der Waals surface area contributed by atoms with Gasteiger partial charge in [0.25, 0.3) is 0 Å². The van der Waals surface area contributed by atoms with Crippen LogP contribution in [0.5, 0.6) is 5.75 Å². The van der Waals surface area contributed by atoms with Crippen LogP contribution in [0.3, 0.4) is 0 Å². The molecule has 150 valence electrons. The van der Waals surface area contributed by atoms with Crippen molar-refractivity contribution < 1.29 is 4.74 Å². The van der Waals surface area contributed by atoms with E-state index >= 15 is 0 Å². The normalized spacial score (nSPS) is 11.0. The van der Waals surface area contributed by atoms with Crippen LogP contribution in [0.15, 0.2) is 121 Å². The predicted octanol–water partition coefficient (Wildman–Crippen LogP) is 6.27. The van der Waals surface area contributed by atoms with Gasteiger partial charge in [0.05, 0.1) is 7.11 Å². The lowest BCUT2D eigenvalue weighted by atomic mass is 9.97. The van der Waals surface area contributed by atoms with Crippen molar-refractivity contribution in [2.75, 3.05) is 7.11 Å². The fourth-order valence-corrected chi connectivity index (χ4v) is 6.62. The summed E-state index contributed by atoms with van der Waals surface area (Å²) in [6, 6.07) is 43.3. The van der Waals surface area contributed by atoms with Crippen LogP contribution in [0, 0.1) is 0 Å². The van der Waals surface area contributed by atoms with Crippen molar-refractivity contribution in [2.24, 2.45) is 0 Å². The topological polar surface area (TPSA) is 9.23 Å². The molecule has 0 aliphatic heterocycles. The summed E-state index contributed by atoms with van der Waals surface area (Å²) in [6.45, 7) is 0. The first-order chi connectivity index (χ1) is 15.4. The van der Waals surface area contributed by atoms with Crippen molar-refractivity contribution in [3.05, 3.63) is 121 Å². The maximum absolute atomic E-state index is 5.86. The minimum absolute atomic E-state index is 0.719. The smallest absolute Gasteiger partial charge is 0.127 e. The van der Waals surface area contributed by atoms with Gasteiger partial charge in [0.1, 0.15) is 5.75 Å². The van der Waals surface area contributed by atoms with Crippen molar-refractivity contribution in [1.29, 1.82) is 0 Å². The van der Waals surface area contributed by atoms with E-state index in [0.29, 0.717) is 0 Å². The Morgan fingerprint density at radius 3 is 1.81 bits per heavy atom. The molecule has 0 unspecified atom stereocenters. The van der Waals surface area contributed by atoms with Gasteiger partial charge in [0.2, 0.25) is 0 Å².